The molecule has 1 heterocycles. The second-order valence-electron chi connectivity index (χ2n) is 5.39. The van der Waals surface area contributed by atoms with Crippen molar-refractivity contribution in [3.63, 3.8) is 0 Å². The van der Waals surface area contributed by atoms with Crippen LogP contribution in [0.1, 0.15) is 26.2 Å². The van der Waals surface area contributed by atoms with Gasteiger partial charge in [-0.15, -0.1) is 0 Å². The van der Waals surface area contributed by atoms with Crippen LogP contribution in [-0.2, 0) is 0 Å². The highest BCUT2D eigenvalue weighted by Crippen LogP contribution is 2.17. The third kappa shape index (κ3) is 3.95. The molecular formula is C16H27N3. The Morgan fingerprint density at radius 3 is 2.37 bits per heavy atom. The Kier molecular flexibility index (Phi) is 5.67. The molecule has 0 aromatic heterocycles. The number of benzene rings is 1. The quantitative estimate of drug-likeness (QED) is 0.853. The van der Waals surface area contributed by atoms with E-state index in [0.29, 0.717) is 6.04 Å². The average Bonchev–Trinajstić information content (AvgIpc) is 2.49. The van der Waals surface area contributed by atoms with Crippen LogP contribution in [0.15, 0.2) is 30.3 Å². The van der Waals surface area contributed by atoms with Crippen molar-refractivity contribution in [3.8, 4) is 0 Å². The van der Waals surface area contributed by atoms with E-state index < -0.39 is 0 Å². The predicted octanol–water partition coefficient (Wildman–Crippen LogP) is 2.33. The molecule has 3 nitrogen and oxygen atoms in total. The number of unbranched alkanes of at least 4 members (excludes halogenated alkanes) is 1. The number of nitrogens with zero attached hydrogens (tertiary/aromatic N) is 2. The molecule has 0 amide bonds. The van der Waals surface area contributed by atoms with Gasteiger partial charge in [-0.1, -0.05) is 38.0 Å². The lowest BCUT2D eigenvalue weighted by molar-refractivity contribution is 0.178. The third-order valence-electron chi connectivity index (χ3n) is 4.11. The van der Waals surface area contributed by atoms with Crippen molar-refractivity contribution in [1.29, 1.82) is 0 Å². The zero-order valence-electron chi connectivity index (χ0n) is 12.1. The Hall–Kier alpha value is -1.06. The van der Waals surface area contributed by atoms with Gasteiger partial charge in [0.25, 0.3) is 0 Å². The molecule has 1 aromatic rings. The number of piperazine rings is 1. The van der Waals surface area contributed by atoms with E-state index in [2.05, 4.69) is 47.1 Å². The fraction of sp³-hybridized carbons (Fsp3) is 0.625. The highest BCUT2D eigenvalue weighted by atomic mass is 15.3. The summed E-state index contributed by atoms with van der Waals surface area (Å²) in [7, 11) is 0. The Labute approximate surface area is 117 Å². The molecule has 2 rings (SSSR count). The molecule has 1 saturated heterocycles. The second kappa shape index (κ2) is 7.51. The van der Waals surface area contributed by atoms with Gasteiger partial charge in [-0.2, -0.15) is 0 Å². The Morgan fingerprint density at radius 1 is 1.11 bits per heavy atom. The van der Waals surface area contributed by atoms with E-state index in [1.54, 1.807) is 0 Å². The van der Waals surface area contributed by atoms with Crippen LogP contribution in [0.25, 0.3) is 0 Å². The molecule has 0 spiro atoms. The number of para-hydroxylation sites is 1. The van der Waals surface area contributed by atoms with Crippen molar-refractivity contribution < 1.29 is 0 Å². The Morgan fingerprint density at radius 2 is 1.79 bits per heavy atom. The van der Waals surface area contributed by atoms with E-state index in [-0.39, 0.29) is 0 Å². The maximum atomic E-state index is 5.93. The van der Waals surface area contributed by atoms with Gasteiger partial charge in [-0.25, -0.2) is 0 Å². The molecule has 1 unspecified atom stereocenters. The summed E-state index contributed by atoms with van der Waals surface area (Å²) in [6.07, 6.45) is 3.81. The summed E-state index contributed by atoms with van der Waals surface area (Å²) in [5.41, 5.74) is 7.28. The van der Waals surface area contributed by atoms with Crippen LogP contribution < -0.4 is 10.6 Å². The van der Waals surface area contributed by atoms with Crippen molar-refractivity contribution >= 4 is 5.69 Å². The lowest BCUT2D eigenvalue weighted by Gasteiger charge is -2.40. The van der Waals surface area contributed by atoms with Gasteiger partial charge in [-0.3, -0.25) is 4.90 Å². The van der Waals surface area contributed by atoms with Gasteiger partial charge in [0.2, 0.25) is 0 Å². The van der Waals surface area contributed by atoms with Crippen molar-refractivity contribution in [2.45, 2.75) is 32.2 Å². The molecule has 0 bridgehead atoms. The van der Waals surface area contributed by atoms with Crippen molar-refractivity contribution in [3.05, 3.63) is 30.3 Å². The van der Waals surface area contributed by atoms with Gasteiger partial charge < -0.3 is 10.6 Å². The van der Waals surface area contributed by atoms with E-state index in [1.807, 2.05) is 0 Å². The predicted molar refractivity (Wildman–Crippen MR) is 82.6 cm³/mol. The van der Waals surface area contributed by atoms with Crippen LogP contribution in [0.4, 0.5) is 5.69 Å². The summed E-state index contributed by atoms with van der Waals surface area (Å²) in [6, 6.07) is 11.3. The molecule has 3 heteroatoms. The molecule has 0 saturated carbocycles. The normalized spacial score (nSPS) is 18.5. The topological polar surface area (TPSA) is 32.5 Å². The van der Waals surface area contributed by atoms with Gasteiger partial charge in [0.15, 0.2) is 0 Å². The smallest absolute Gasteiger partial charge is 0.0367 e. The fourth-order valence-electron chi connectivity index (χ4n) is 2.87. The fourth-order valence-corrected chi connectivity index (χ4v) is 2.87. The standard InChI is InChI=1S/C16H27N3/c1-2-3-7-16(14-17)19-12-10-18(11-13-19)15-8-5-4-6-9-15/h4-6,8-9,16H,2-3,7,10-14,17H2,1H3. The highest BCUT2D eigenvalue weighted by Gasteiger charge is 2.22. The zero-order valence-corrected chi connectivity index (χ0v) is 12.1. The molecule has 1 aliphatic heterocycles. The maximum Gasteiger partial charge on any atom is 0.0367 e. The number of hydrogen-bond acceptors (Lipinski definition) is 3. The number of hydrogen-bond donors (Lipinski definition) is 1. The molecule has 106 valence electrons. The first-order valence-electron chi connectivity index (χ1n) is 7.59. The highest BCUT2D eigenvalue weighted by molar-refractivity contribution is 5.46. The van der Waals surface area contributed by atoms with Gasteiger partial charge in [0.1, 0.15) is 0 Å². The molecule has 1 fully saturated rings. The first-order valence-corrected chi connectivity index (χ1v) is 7.59. The van der Waals surface area contributed by atoms with Crippen LogP contribution in [0.3, 0.4) is 0 Å². The minimum absolute atomic E-state index is 0.581. The molecule has 1 aliphatic rings. The lowest BCUT2D eigenvalue weighted by Crippen LogP contribution is -2.52. The summed E-state index contributed by atoms with van der Waals surface area (Å²) in [5.74, 6) is 0. The van der Waals surface area contributed by atoms with Crippen molar-refractivity contribution in [2.24, 2.45) is 5.73 Å². The van der Waals surface area contributed by atoms with Crippen LogP contribution in [0.2, 0.25) is 0 Å². The van der Waals surface area contributed by atoms with Crippen LogP contribution in [0.5, 0.6) is 0 Å². The van der Waals surface area contributed by atoms with Gasteiger partial charge >= 0.3 is 0 Å². The molecule has 19 heavy (non-hydrogen) atoms. The average molecular weight is 261 g/mol. The first-order chi connectivity index (χ1) is 9.35. The second-order valence-corrected chi connectivity index (χ2v) is 5.39. The Bertz CT molecular complexity index is 344. The molecule has 1 atom stereocenters. The maximum absolute atomic E-state index is 5.93. The summed E-state index contributed by atoms with van der Waals surface area (Å²) < 4.78 is 0. The number of nitrogens with two attached hydrogens (primary N) is 1. The summed E-state index contributed by atoms with van der Waals surface area (Å²) in [4.78, 5) is 5.05. The van der Waals surface area contributed by atoms with Gasteiger partial charge in [0.05, 0.1) is 0 Å². The van der Waals surface area contributed by atoms with Crippen molar-refractivity contribution in [1.82, 2.24) is 4.90 Å². The van der Waals surface area contributed by atoms with Crippen molar-refractivity contribution in [2.75, 3.05) is 37.6 Å². The minimum Gasteiger partial charge on any atom is -0.369 e. The molecule has 0 radical (unpaired) electrons. The van der Waals surface area contributed by atoms with Crippen LogP contribution in [-0.4, -0.2) is 43.7 Å². The zero-order chi connectivity index (χ0) is 13.5. The van der Waals surface area contributed by atoms with Crippen LogP contribution in [0, 0.1) is 0 Å². The summed E-state index contributed by atoms with van der Waals surface area (Å²) in [6.45, 7) is 7.56. The van der Waals surface area contributed by atoms with Gasteiger partial charge in [0, 0.05) is 44.5 Å². The summed E-state index contributed by atoms with van der Waals surface area (Å²) in [5, 5.41) is 0. The molecule has 2 N–H and O–H groups in total. The Balaban J connectivity index is 1.84. The largest absolute Gasteiger partial charge is 0.369 e. The number of anilines is 1. The van der Waals surface area contributed by atoms with E-state index >= 15 is 0 Å². The number of rotatable bonds is 6. The van der Waals surface area contributed by atoms with E-state index in [9.17, 15) is 0 Å². The van der Waals surface area contributed by atoms with E-state index in [4.69, 9.17) is 5.73 Å². The SMILES string of the molecule is CCCCC(CN)N1CCN(c2ccccc2)CC1. The van der Waals surface area contributed by atoms with Crippen LogP contribution >= 0.6 is 0 Å². The third-order valence-corrected chi connectivity index (χ3v) is 4.11. The van der Waals surface area contributed by atoms with E-state index in [1.165, 1.54) is 24.9 Å². The summed E-state index contributed by atoms with van der Waals surface area (Å²) >= 11 is 0. The van der Waals surface area contributed by atoms with E-state index in [0.717, 1.165) is 32.7 Å². The molecule has 1 aromatic carbocycles. The molecule has 0 aliphatic carbocycles. The monoisotopic (exact) mass is 261 g/mol. The lowest BCUT2D eigenvalue weighted by atomic mass is 10.1. The van der Waals surface area contributed by atoms with Gasteiger partial charge in [-0.05, 0) is 18.6 Å². The first kappa shape index (κ1) is 14.4. The molecular weight excluding hydrogens is 234 g/mol. The minimum atomic E-state index is 0.581.